The van der Waals surface area contributed by atoms with Crippen LogP contribution in [-0.2, 0) is 6.54 Å². The molecule has 0 saturated carbocycles. The molecule has 1 unspecified atom stereocenters. The minimum absolute atomic E-state index is 0.0853. The van der Waals surface area contributed by atoms with Crippen molar-refractivity contribution in [2.75, 3.05) is 20.8 Å². The van der Waals surface area contributed by atoms with E-state index in [9.17, 15) is 9.90 Å². The van der Waals surface area contributed by atoms with Gasteiger partial charge >= 0.3 is 5.63 Å². The summed E-state index contributed by atoms with van der Waals surface area (Å²) in [4.78, 5) is 13.4. The van der Waals surface area contributed by atoms with Crippen molar-refractivity contribution in [3.63, 3.8) is 0 Å². The van der Waals surface area contributed by atoms with Crippen LogP contribution in [0.5, 0.6) is 17.2 Å². The van der Waals surface area contributed by atoms with E-state index in [4.69, 9.17) is 13.9 Å². The highest BCUT2D eigenvalue weighted by molar-refractivity contribution is 5.81. The predicted octanol–water partition coefficient (Wildman–Crippen LogP) is 2.44. The molecule has 1 aliphatic rings. The Bertz CT molecular complexity index is 1060. The summed E-state index contributed by atoms with van der Waals surface area (Å²) in [6.07, 6.45) is 2.16. The molecule has 0 radical (unpaired) electrons. The first-order chi connectivity index (χ1) is 13.6. The van der Waals surface area contributed by atoms with E-state index in [-0.39, 0.29) is 11.8 Å². The van der Waals surface area contributed by atoms with Gasteiger partial charge in [0, 0.05) is 42.0 Å². The van der Waals surface area contributed by atoms with Crippen LogP contribution in [-0.4, -0.2) is 25.9 Å². The lowest BCUT2D eigenvalue weighted by atomic mass is 10.0. The monoisotopic (exact) mass is 382 g/mol. The molecule has 0 aliphatic carbocycles. The molecule has 1 aromatic heterocycles. The highest BCUT2D eigenvalue weighted by Gasteiger charge is 2.33. The lowest BCUT2D eigenvalue weighted by Gasteiger charge is -2.24. The van der Waals surface area contributed by atoms with Gasteiger partial charge < -0.3 is 23.9 Å². The van der Waals surface area contributed by atoms with E-state index in [1.54, 1.807) is 32.4 Å². The molecule has 2 atom stereocenters. The standard InChI is InChI=1S/C22H23NO5/c1-26-16-6-8-18(20(12-16)27-2)19-4-3-9-23(19)13-14-10-22(25)28-21-11-15(24)5-7-17(14)21/h5-8,10-12,19,24H,3-4,9,13H2,1-2H3/p+1/t19-/m0/s1. The molecule has 1 fully saturated rings. The van der Waals surface area contributed by atoms with Gasteiger partial charge in [-0.05, 0) is 24.3 Å². The van der Waals surface area contributed by atoms with Gasteiger partial charge in [-0.1, -0.05) is 0 Å². The van der Waals surface area contributed by atoms with Crippen LogP contribution < -0.4 is 20.0 Å². The fourth-order valence-electron chi connectivity index (χ4n) is 4.21. The number of nitrogens with one attached hydrogen (secondary N) is 1. The molecule has 2 heterocycles. The summed E-state index contributed by atoms with van der Waals surface area (Å²) in [5.41, 5.74) is 2.10. The minimum Gasteiger partial charge on any atom is -0.508 e. The van der Waals surface area contributed by atoms with Crippen LogP contribution >= 0.6 is 0 Å². The van der Waals surface area contributed by atoms with Crippen molar-refractivity contribution in [1.82, 2.24) is 0 Å². The Morgan fingerprint density at radius 1 is 1.14 bits per heavy atom. The zero-order valence-electron chi connectivity index (χ0n) is 16.0. The minimum atomic E-state index is -0.398. The van der Waals surface area contributed by atoms with E-state index >= 15 is 0 Å². The average Bonchev–Trinajstić information content (AvgIpc) is 3.14. The van der Waals surface area contributed by atoms with E-state index in [0.29, 0.717) is 12.1 Å². The lowest BCUT2D eigenvalue weighted by Crippen LogP contribution is -3.08. The summed E-state index contributed by atoms with van der Waals surface area (Å²) in [5, 5.41) is 10.6. The average molecular weight is 382 g/mol. The van der Waals surface area contributed by atoms with E-state index in [1.807, 2.05) is 12.1 Å². The van der Waals surface area contributed by atoms with Crippen molar-refractivity contribution in [2.45, 2.75) is 25.4 Å². The van der Waals surface area contributed by atoms with Gasteiger partial charge in [0.05, 0.1) is 26.3 Å². The molecule has 28 heavy (non-hydrogen) atoms. The topological polar surface area (TPSA) is 73.3 Å². The molecule has 0 bridgehead atoms. The van der Waals surface area contributed by atoms with Crippen LogP contribution in [0.25, 0.3) is 11.0 Å². The van der Waals surface area contributed by atoms with E-state index < -0.39 is 5.63 Å². The van der Waals surface area contributed by atoms with Gasteiger partial charge in [-0.2, -0.15) is 0 Å². The number of aromatic hydroxyl groups is 1. The number of hydrogen-bond donors (Lipinski definition) is 2. The molecular weight excluding hydrogens is 358 g/mol. The third kappa shape index (κ3) is 3.43. The highest BCUT2D eigenvalue weighted by atomic mass is 16.5. The Morgan fingerprint density at radius 3 is 2.79 bits per heavy atom. The first kappa shape index (κ1) is 18.4. The number of quaternary nitrogens is 1. The quantitative estimate of drug-likeness (QED) is 0.663. The van der Waals surface area contributed by atoms with Gasteiger partial charge in [0.25, 0.3) is 0 Å². The SMILES string of the molecule is COc1ccc([C@@H]2CCC[NH+]2Cc2cc(=O)oc3cc(O)ccc23)c(OC)c1. The van der Waals surface area contributed by atoms with Crippen LogP contribution in [0.3, 0.4) is 0 Å². The summed E-state index contributed by atoms with van der Waals surface area (Å²) in [6.45, 7) is 1.71. The number of likely N-dealkylation sites (tertiary alicyclic amines) is 1. The molecule has 4 rings (SSSR count). The Labute approximate surface area is 162 Å². The number of ether oxygens (including phenoxy) is 2. The fraction of sp³-hybridized carbons (Fsp3) is 0.318. The normalized spacial score (nSPS) is 19.1. The zero-order valence-corrected chi connectivity index (χ0v) is 16.0. The summed E-state index contributed by atoms with van der Waals surface area (Å²) >= 11 is 0. The first-order valence-electron chi connectivity index (χ1n) is 9.41. The number of rotatable bonds is 5. The number of phenols is 1. The molecule has 0 spiro atoms. The van der Waals surface area contributed by atoms with E-state index in [2.05, 4.69) is 6.07 Å². The summed E-state index contributed by atoms with van der Waals surface area (Å²) in [6, 6.07) is 12.7. The maximum Gasteiger partial charge on any atom is 0.336 e. The zero-order chi connectivity index (χ0) is 19.7. The third-order valence-electron chi connectivity index (χ3n) is 5.53. The fourth-order valence-corrected chi connectivity index (χ4v) is 4.21. The number of methoxy groups -OCH3 is 2. The van der Waals surface area contributed by atoms with E-state index in [1.165, 1.54) is 11.0 Å². The van der Waals surface area contributed by atoms with Gasteiger partial charge in [-0.25, -0.2) is 4.79 Å². The lowest BCUT2D eigenvalue weighted by molar-refractivity contribution is -0.931. The summed E-state index contributed by atoms with van der Waals surface area (Å²) in [5.74, 6) is 1.68. The van der Waals surface area contributed by atoms with Crippen LogP contribution in [0.2, 0.25) is 0 Å². The second-order valence-corrected chi connectivity index (χ2v) is 7.16. The highest BCUT2D eigenvalue weighted by Crippen LogP contribution is 2.32. The maximum absolute atomic E-state index is 12.0. The van der Waals surface area contributed by atoms with Crippen molar-refractivity contribution < 1.29 is 23.9 Å². The molecule has 2 aromatic carbocycles. The summed E-state index contributed by atoms with van der Waals surface area (Å²) in [7, 11) is 3.32. The Hall–Kier alpha value is -2.99. The molecule has 1 saturated heterocycles. The van der Waals surface area contributed by atoms with Crippen LogP contribution in [0.4, 0.5) is 0 Å². The van der Waals surface area contributed by atoms with Gasteiger partial charge in [-0.15, -0.1) is 0 Å². The Morgan fingerprint density at radius 2 is 2.00 bits per heavy atom. The molecule has 3 aromatic rings. The van der Waals surface area contributed by atoms with Crippen molar-refractivity contribution in [2.24, 2.45) is 0 Å². The van der Waals surface area contributed by atoms with Gasteiger partial charge in [0.1, 0.15) is 35.4 Å². The number of benzene rings is 2. The number of fused-ring (bicyclic) bond motifs is 1. The number of hydrogen-bond acceptors (Lipinski definition) is 5. The van der Waals surface area contributed by atoms with Crippen molar-refractivity contribution in [1.29, 1.82) is 0 Å². The Balaban J connectivity index is 1.69. The van der Waals surface area contributed by atoms with Crippen LogP contribution in [0, 0.1) is 0 Å². The van der Waals surface area contributed by atoms with Gasteiger partial charge in [-0.3, -0.25) is 0 Å². The van der Waals surface area contributed by atoms with Crippen molar-refractivity contribution >= 4 is 11.0 Å². The second kappa shape index (κ2) is 7.56. The molecule has 146 valence electrons. The van der Waals surface area contributed by atoms with Gasteiger partial charge in [0.15, 0.2) is 0 Å². The Kier molecular flexibility index (Phi) is 4.96. The van der Waals surface area contributed by atoms with Gasteiger partial charge in [0.2, 0.25) is 0 Å². The first-order valence-corrected chi connectivity index (χ1v) is 9.41. The van der Waals surface area contributed by atoms with E-state index in [0.717, 1.165) is 47.4 Å². The maximum atomic E-state index is 12.0. The molecule has 2 N–H and O–H groups in total. The second-order valence-electron chi connectivity index (χ2n) is 7.16. The van der Waals surface area contributed by atoms with Crippen LogP contribution in [0.1, 0.15) is 30.0 Å². The van der Waals surface area contributed by atoms with Crippen molar-refractivity contribution in [3.8, 4) is 17.2 Å². The molecule has 6 heteroatoms. The van der Waals surface area contributed by atoms with Crippen molar-refractivity contribution in [3.05, 3.63) is 64.0 Å². The number of phenolic OH excluding ortho intramolecular Hbond substituents is 1. The summed E-state index contributed by atoms with van der Waals surface area (Å²) < 4.78 is 16.2. The molecule has 0 amide bonds. The molecule has 1 aliphatic heterocycles. The molecular formula is C22H24NO5+. The third-order valence-corrected chi connectivity index (χ3v) is 5.53. The smallest absolute Gasteiger partial charge is 0.336 e. The van der Waals surface area contributed by atoms with Crippen LogP contribution in [0.15, 0.2) is 51.7 Å². The largest absolute Gasteiger partial charge is 0.508 e. The molecule has 6 nitrogen and oxygen atoms in total. The predicted molar refractivity (Wildman–Crippen MR) is 105 cm³/mol.